The summed E-state index contributed by atoms with van der Waals surface area (Å²) >= 11 is 0. The molecule has 0 aliphatic rings. The van der Waals surface area contributed by atoms with E-state index < -0.39 is 11.9 Å². The largest absolute Gasteiger partial charge is 0.478 e. The minimum atomic E-state index is -1.28. The number of aromatic nitrogens is 2. The molecule has 1 aromatic heterocycles. The van der Waals surface area contributed by atoms with Crippen molar-refractivity contribution >= 4 is 22.8 Å². The van der Waals surface area contributed by atoms with Gasteiger partial charge in [-0.15, -0.1) is 0 Å². The van der Waals surface area contributed by atoms with Crippen molar-refractivity contribution in [3.05, 3.63) is 35.8 Å². The first kappa shape index (κ1) is 10.0. The molecule has 6 heteroatoms. The molecule has 0 unspecified atom stereocenters. The number of hydrogen-bond acceptors (Lipinski definition) is 4. The maximum atomic E-state index is 10.9. The number of fused-ring (bicyclic) bond motifs is 1. The zero-order valence-electron chi connectivity index (χ0n) is 7.91. The van der Waals surface area contributed by atoms with Gasteiger partial charge in [-0.1, -0.05) is 6.07 Å². The highest BCUT2D eigenvalue weighted by atomic mass is 16.4. The summed E-state index contributed by atoms with van der Waals surface area (Å²) in [6.45, 7) is 0. The first-order valence-electron chi connectivity index (χ1n) is 4.31. The third-order valence-electron chi connectivity index (χ3n) is 2.10. The number of carboxylic acids is 2. The quantitative estimate of drug-likeness (QED) is 0.780. The highest BCUT2D eigenvalue weighted by Gasteiger charge is 2.17. The Hall–Kier alpha value is -2.50. The van der Waals surface area contributed by atoms with Crippen LogP contribution in [0.2, 0.25) is 0 Å². The predicted molar refractivity (Wildman–Crippen MR) is 53.5 cm³/mol. The Morgan fingerprint density at radius 1 is 1.06 bits per heavy atom. The van der Waals surface area contributed by atoms with Gasteiger partial charge in [-0.3, -0.25) is 0 Å². The van der Waals surface area contributed by atoms with E-state index in [0.717, 1.165) is 6.33 Å². The zero-order valence-corrected chi connectivity index (χ0v) is 7.91. The predicted octanol–water partition coefficient (Wildman–Crippen LogP) is 1.03. The number of hydrogen-bond donors (Lipinski definition) is 2. The van der Waals surface area contributed by atoms with E-state index in [1.807, 2.05) is 0 Å². The van der Waals surface area contributed by atoms with E-state index in [1.54, 1.807) is 0 Å². The van der Waals surface area contributed by atoms with Gasteiger partial charge in [0.05, 0.1) is 11.1 Å². The van der Waals surface area contributed by atoms with E-state index in [2.05, 4.69) is 9.97 Å². The second kappa shape index (κ2) is 3.58. The number of nitrogens with zero attached hydrogens (tertiary/aromatic N) is 2. The molecule has 0 fully saturated rings. The lowest BCUT2D eigenvalue weighted by Gasteiger charge is -2.03. The molecule has 0 radical (unpaired) electrons. The number of rotatable bonds is 2. The maximum Gasteiger partial charge on any atom is 0.355 e. The summed E-state index contributed by atoms with van der Waals surface area (Å²) in [7, 11) is 0. The summed E-state index contributed by atoms with van der Waals surface area (Å²) < 4.78 is 0. The smallest absolute Gasteiger partial charge is 0.355 e. The van der Waals surface area contributed by atoms with Crippen molar-refractivity contribution in [1.82, 2.24) is 9.97 Å². The van der Waals surface area contributed by atoms with Crippen molar-refractivity contribution in [2.75, 3.05) is 0 Å². The average Bonchev–Trinajstić information content (AvgIpc) is 2.27. The van der Waals surface area contributed by atoms with E-state index >= 15 is 0 Å². The normalized spacial score (nSPS) is 10.2. The van der Waals surface area contributed by atoms with Crippen LogP contribution in [0.1, 0.15) is 20.8 Å². The van der Waals surface area contributed by atoms with Crippen LogP contribution in [0, 0.1) is 0 Å². The summed E-state index contributed by atoms with van der Waals surface area (Å²) in [5.74, 6) is -2.48. The lowest BCUT2D eigenvalue weighted by Crippen LogP contribution is -2.07. The van der Waals surface area contributed by atoms with Gasteiger partial charge in [0.1, 0.15) is 6.33 Å². The minimum Gasteiger partial charge on any atom is -0.478 e. The first-order valence-corrected chi connectivity index (χ1v) is 4.31. The molecule has 16 heavy (non-hydrogen) atoms. The van der Waals surface area contributed by atoms with Crippen LogP contribution >= 0.6 is 0 Å². The summed E-state index contributed by atoms with van der Waals surface area (Å²) in [5, 5.41) is 17.9. The Labute approximate surface area is 89.2 Å². The second-order valence-corrected chi connectivity index (χ2v) is 3.03. The van der Waals surface area contributed by atoms with Gasteiger partial charge in [0.2, 0.25) is 0 Å². The molecule has 2 aromatic rings. The van der Waals surface area contributed by atoms with Gasteiger partial charge in [0.25, 0.3) is 0 Å². The summed E-state index contributed by atoms with van der Waals surface area (Å²) in [4.78, 5) is 29.3. The number of benzene rings is 1. The van der Waals surface area contributed by atoms with Gasteiger partial charge >= 0.3 is 11.9 Å². The Morgan fingerprint density at radius 2 is 1.81 bits per heavy atom. The SMILES string of the molecule is O=C(O)c1cccc2ncnc(C(=O)O)c12. The monoisotopic (exact) mass is 218 g/mol. The van der Waals surface area contributed by atoms with E-state index in [0.29, 0.717) is 5.52 Å². The molecule has 0 aliphatic heterocycles. The lowest BCUT2D eigenvalue weighted by atomic mass is 10.1. The van der Waals surface area contributed by atoms with Crippen molar-refractivity contribution in [3.63, 3.8) is 0 Å². The summed E-state index contributed by atoms with van der Waals surface area (Å²) in [6, 6.07) is 4.36. The van der Waals surface area contributed by atoms with Gasteiger partial charge in [-0.05, 0) is 12.1 Å². The lowest BCUT2D eigenvalue weighted by molar-refractivity contribution is 0.0691. The van der Waals surface area contributed by atoms with E-state index in [4.69, 9.17) is 10.2 Å². The molecule has 6 nitrogen and oxygen atoms in total. The fourth-order valence-corrected chi connectivity index (χ4v) is 1.45. The Balaban J connectivity index is 2.92. The maximum absolute atomic E-state index is 10.9. The molecule has 1 heterocycles. The molecule has 0 amide bonds. The first-order chi connectivity index (χ1) is 7.61. The summed E-state index contributed by atoms with van der Waals surface area (Å²) in [6.07, 6.45) is 1.09. The highest BCUT2D eigenvalue weighted by Crippen LogP contribution is 2.19. The van der Waals surface area contributed by atoms with Crippen molar-refractivity contribution in [3.8, 4) is 0 Å². The molecule has 0 saturated heterocycles. The van der Waals surface area contributed by atoms with Gasteiger partial charge in [0, 0.05) is 5.39 Å². The minimum absolute atomic E-state index is 0.0463. The Bertz CT molecular complexity index is 546. The van der Waals surface area contributed by atoms with Crippen molar-refractivity contribution in [1.29, 1.82) is 0 Å². The topological polar surface area (TPSA) is 100 Å². The molecule has 2 N–H and O–H groups in total. The van der Waals surface area contributed by atoms with E-state index in [-0.39, 0.29) is 16.6 Å². The molecule has 0 aliphatic carbocycles. The standard InChI is InChI=1S/C10H6N2O4/c13-9(14)5-2-1-3-6-7(5)8(10(15)16)12-4-11-6/h1-4H,(H,13,14)(H,15,16). The Kier molecular flexibility index (Phi) is 2.24. The molecule has 2 rings (SSSR count). The van der Waals surface area contributed by atoms with E-state index in [1.165, 1.54) is 18.2 Å². The van der Waals surface area contributed by atoms with Crippen LogP contribution in [0.5, 0.6) is 0 Å². The van der Waals surface area contributed by atoms with Gasteiger partial charge in [-0.25, -0.2) is 19.6 Å². The van der Waals surface area contributed by atoms with Crippen LogP contribution in [-0.4, -0.2) is 32.1 Å². The van der Waals surface area contributed by atoms with Crippen LogP contribution in [0.25, 0.3) is 10.9 Å². The molecule has 80 valence electrons. The number of carboxylic acid groups (broad SMARTS) is 2. The van der Waals surface area contributed by atoms with Gasteiger partial charge in [-0.2, -0.15) is 0 Å². The molecule has 1 aromatic carbocycles. The summed E-state index contributed by atoms with van der Waals surface area (Å²) in [5.41, 5.74) is -0.120. The fraction of sp³-hybridized carbons (Fsp3) is 0. The molecule has 0 spiro atoms. The molecular formula is C10H6N2O4. The van der Waals surface area contributed by atoms with Crippen LogP contribution in [0.3, 0.4) is 0 Å². The average molecular weight is 218 g/mol. The third-order valence-corrected chi connectivity index (χ3v) is 2.10. The molecule has 0 atom stereocenters. The van der Waals surface area contributed by atoms with Crippen molar-refractivity contribution in [2.45, 2.75) is 0 Å². The van der Waals surface area contributed by atoms with Crippen LogP contribution in [0.15, 0.2) is 24.5 Å². The zero-order chi connectivity index (χ0) is 11.7. The van der Waals surface area contributed by atoms with Crippen LogP contribution in [-0.2, 0) is 0 Å². The van der Waals surface area contributed by atoms with Gasteiger partial charge in [0.15, 0.2) is 5.69 Å². The number of carbonyl (C=O) groups is 2. The van der Waals surface area contributed by atoms with Crippen molar-refractivity contribution < 1.29 is 19.8 Å². The highest BCUT2D eigenvalue weighted by molar-refractivity contribution is 6.10. The van der Waals surface area contributed by atoms with Crippen LogP contribution in [0.4, 0.5) is 0 Å². The van der Waals surface area contributed by atoms with E-state index in [9.17, 15) is 9.59 Å². The number of aromatic carboxylic acids is 2. The van der Waals surface area contributed by atoms with Crippen molar-refractivity contribution in [2.24, 2.45) is 0 Å². The second-order valence-electron chi connectivity index (χ2n) is 3.03. The molecular weight excluding hydrogens is 212 g/mol. The molecule has 0 bridgehead atoms. The Morgan fingerprint density at radius 3 is 2.44 bits per heavy atom. The van der Waals surface area contributed by atoms with Crippen LogP contribution < -0.4 is 0 Å². The molecule has 0 saturated carbocycles. The van der Waals surface area contributed by atoms with Gasteiger partial charge < -0.3 is 10.2 Å². The third kappa shape index (κ3) is 1.46. The fourth-order valence-electron chi connectivity index (χ4n) is 1.45.